The SMILES string of the molecule is CNC(=O)N(C)C(=O)c1cnc2onc(C)c2c1. The van der Waals surface area contributed by atoms with Crippen LogP contribution in [-0.2, 0) is 0 Å². The molecule has 0 atom stereocenters. The van der Waals surface area contributed by atoms with E-state index in [1.54, 1.807) is 13.0 Å². The molecule has 0 bridgehead atoms. The third-order valence-electron chi connectivity index (χ3n) is 2.58. The summed E-state index contributed by atoms with van der Waals surface area (Å²) in [5.74, 6) is -0.440. The van der Waals surface area contributed by atoms with E-state index in [-0.39, 0.29) is 0 Å². The number of fused-ring (bicyclic) bond motifs is 1. The molecule has 0 aliphatic rings. The van der Waals surface area contributed by atoms with Crippen molar-refractivity contribution in [3.05, 3.63) is 23.5 Å². The molecule has 0 saturated heterocycles. The van der Waals surface area contributed by atoms with Crippen LogP contribution in [0.5, 0.6) is 0 Å². The number of nitrogens with one attached hydrogen (secondary N) is 1. The smallest absolute Gasteiger partial charge is 0.323 e. The van der Waals surface area contributed by atoms with E-state index in [2.05, 4.69) is 15.5 Å². The van der Waals surface area contributed by atoms with Gasteiger partial charge >= 0.3 is 6.03 Å². The van der Waals surface area contributed by atoms with Gasteiger partial charge in [-0.25, -0.2) is 9.78 Å². The van der Waals surface area contributed by atoms with Crippen LogP contribution in [0.1, 0.15) is 16.1 Å². The highest BCUT2D eigenvalue weighted by atomic mass is 16.5. The van der Waals surface area contributed by atoms with Crippen LogP contribution >= 0.6 is 0 Å². The summed E-state index contributed by atoms with van der Waals surface area (Å²) in [6, 6.07) is 1.12. The van der Waals surface area contributed by atoms with E-state index in [1.165, 1.54) is 20.3 Å². The number of urea groups is 1. The molecule has 0 aliphatic carbocycles. The molecule has 2 aromatic rings. The minimum Gasteiger partial charge on any atom is -0.341 e. The molecule has 3 amide bonds. The van der Waals surface area contributed by atoms with Crippen LogP contribution < -0.4 is 5.32 Å². The van der Waals surface area contributed by atoms with Crippen molar-refractivity contribution in [3.8, 4) is 0 Å². The predicted molar refractivity (Wildman–Crippen MR) is 63.1 cm³/mol. The molecule has 18 heavy (non-hydrogen) atoms. The topological polar surface area (TPSA) is 88.3 Å². The third-order valence-corrected chi connectivity index (χ3v) is 2.58. The Morgan fingerprint density at radius 1 is 1.44 bits per heavy atom. The molecule has 2 rings (SSSR count). The first-order valence-corrected chi connectivity index (χ1v) is 5.26. The highest BCUT2D eigenvalue weighted by Crippen LogP contribution is 2.17. The van der Waals surface area contributed by atoms with Gasteiger partial charge in [-0.15, -0.1) is 0 Å². The van der Waals surface area contributed by atoms with Gasteiger partial charge in [0, 0.05) is 20.3 Å². The van der Waals surface area contributed by atoms with Crippen molar-refractivity contribution < 1.29 is 14.1 Å². The lowest BCUT2D eigenvalue weighted by atomic mass is 10.2. The number of carbonyl (C=O) groups excluding carboxylic acids is 2. The lowest BCUT2D eigenvalue weighted by Gasteiger charge is -2.14. The zero-order chi connectivity index (χ0) is 13.3. The molecule has 94 valence electrons. The Morgan fingerprint density at radius 2 is 2.17 bits per heavy atom. The van der Waals surface area contributed by atoms with Crippen LogP contribution in [0.15, 0.2) is 16.8 Å². The summed E-state index contributed by atoms with van der Waals surface area (Å²) in [6.07, 6.45) is 1.36. The van der Waals surface area contributed by atoms with Gasteiger partial charge in [0.2, 0.25) is 0 Å². The second kappa shape index (κ2) is 4.44. The first kappa shape index (κ1) is 12.0. The molecule has 0 saturated carbocycles. The number of aryl methyl sites for hydroxylation is 1. The van der Waals surface area contributed by atoms with Gasteiger partial charge in [-0.05, 0) is 13.0 Å². The number of hydrogen-bond donors (Lipinski definition) is 1. The number of pyridine rings is 1. The van der Waals surface area contributed by atoms with Crippen molar-refractivity contribution in [3.63, 3.8) is 0 Å². The van der Waals surface area contributed by atoms with Gasteiger partial charge < -0.3 is 9.84 Å². The number of hydrogen-bond acceptors (Lipinski definition) is 5. The Bertz CT molecular complexity index is 620. The fourth-order valence-electron chi connectivity index (χ4n) is 1.52. The first-order valence-electron chi connectivity index (χ1n) is 5.26. The molecule has 0 fully saturated rings. The second-order valence-electron chi connectivity index (χ2n) is 3.76. The highest BCUT2D eigenvalue weighted by molar-refractivity contribution is 6.05. The van der Waals surface area contributed by atoms with Gasteiger partial charge in [-0.3, -0.25) is 9.69 Å². The summed E-state index contributed by atoms with van der Waals surface area (Å²) in [5.41, 5.74) is 1.32. The van der Waals surface area contributed by atoms with E-state index in [0.717, 1.165) is 4.90 Å². The molecule has 0 radical (unpaired) electrons. The van der Waals surface area contributed by atoms with Gasteiger partial charge in [0.25, 0.3) is 11.6 Å². The van der Waals surface area contributed by atoms with Gasteiger partial charge in [0.15, 0.2) is 0 Å². The summed E-state index contributed by atoms with van der Waals surface area (Å²) in [7, 11) is 2.85. The van der Waals surface area contributed by atoms with Crippen molar-refractivity contribution in [2.45, 2.75) is 6.92 Å². The van der Waals surface area contributed by atoms with Crippen LogP contribution in [0, 0.1) is 6.92 Å². The van der Waals surface area contributed by atoms with Crippen LogP contribution in [0.25, 0.3) is 11.1 Å². The molecule has 7 heteroatoms. The largest absolute Gasteiger partial charge is 0.341 e. The van der Waals surface area contributed by atoms with Crippen LogP contribution in [0.3, 0.4) is 0 Å². The summed E-state index contributed by atoms with van der Waals surface area (Å²) in [6.45, 7) is 1.75. The number of aromatic nitrogens is 2. The molecule has 2 heterocycles. The number of carbonyl (C=O) groups is 2. The third kappa shape index (κ3) is 1.90. The molecule has 0 aliphatic heterocycles. The Hall–Kier alpha value is -2.44. The normalized spacial score (nSPS) is 10.4. The Kier molecular flexibility index (Phi) is 2.97. The van der Waals surface area contributed by atoms with E-state index < -0.39 is 11.9 Å². The molecule has 2 aromatic heterocycles. The van der Waals surface area contributed by atoms with E-state index in [9.17, 15) is 9.59 Å². The summed E-state index contributed by atoms with van der Waals surface area (Å²) in [4.78, 5) is 28.3. The standard InChI is InChI=1S/C11H12N4O3/c1-6-8-4-7(5-13-9(8)18-14-6)10(16)15(3)11(17)12-2/h4-5H,1-3H3,(H,12,17). The number of rotatable bonds is 1. The van der Waals surface area contributed by atoms with Gasteiger partial charge in [0.1, 0.15) is 0 Å². The van der Waals surface area contributed by atoms with Crippen molar-refractivity contribution >= 4 is 23.0 Å². The number of nitrogens with zero attached hydrogens (tertiary/aromatic N) is 3. The molecule has 0 spiro atoms. The van der Waals surface area contributed by atoms with Gasteiger partial charge in [-0.1, -0.05) is 5.16 Å². The maximum absolute atomic E-state index is 12.0. The quantitative estimate of drug-likeness (QED) is 0.811. The summed E-state index contributed by atoms with van der Waals surface area (Å²) >= 11 is 0. The predicted octanol–water partition coefficient (Wildman–Crippen LogP) is 0.943. The fourth-order valence-corrected chi connectivity index (χ4v) is 1.52. The zero-order valence-electron chi connectivity index (χ0n) is 10.2. The molecule has 1 N–H and O–H groups in total. The Labute approximate surface area is 103 Å². The lowest BCUT2D eigenvalue weighted by Crippen LogP contribution is -2.39. The van der Waals surface area contributed by atoms with Crippen molar-refractivity contribution in [1.82, 2.24) is 20.4 Å². The van der Waals surface area contributed by atoms with Gasteiger partial charge in [-0.2, -0.15) is 0 Å². The molecular weight excluding hydrogens is 236 g/mol. The summed E-state index contributed by atoms with van der Waals surface area (Å²) in [5, 5.41) is 6.78. The van der Waals surface area contributed by atoms with Crippen LogP contribution in [0.4, 0.5) is 4.79 Å². The van der Waals surface area contributed by atoms with Crippen molar-refractivity contribution in [1.29, 1.82) is 0 Å². The maximum atomic E-state index is 12.0. The van der Waals surface area contributed by atoms with Gasteiger partial charge in [0.05, 0.1) is 16.6 Å². The van der Waals surface area contributed by atoms with Crippen molar-refractivity contribution in [2.75, 3.05) is 14.1 Å². The van der Waals surface area contributed by atoms with Crippen LogP contribution in [0.2, 0.25) is 0 Å². The molecule has 0 aromatic carbocycles. The Morgan fingerprint density at radius 3 is 2.83 bits per heavy atom. The van der Waals surface area contributed by atoms with E-state index in [1.807, 2.05) is 0 Å². The van der Waals surface area contributed by atoms with E-state index in [0.29, 0.717) is 22.4 Å². The maximum Gasteiger partial charge on any atom is 0.323 e. The monoisotopic (exact) mass is 248 g/mol. The molecule has 0 unspecified atom stereocenters. The van der Waals surface area contributed by atoms with E-state index in [4.69, 9.17) is 4.52 Å². The number of imide groups is 1. The molecular formula is C11H12N4O3. The van der Waals surface area contributed by atoms with Crippen LogP contribution in [-0.4, -0.2) is 41.1 Å². The Balaban J connectivity index is 2.39. The number of amides is 3. The highest BCUT2D eigenvalue weighted by Gasteiger charge is 2.19. The molecule has 7 nitrogen and oxygen atoms in total. The second-order valence-corrected chi connectivity index (χ2v) is 3.76. The minimum absolute atomic E-state index is 0.305. The average molecular weight is 248 g/mol. The minimum atomic E-state index is -0.484. The average Bonchev–Trinajstić information content (AvgIpc) is 2.77. The fraction of sp³-hybridized carbons (Fsp3) is 0.273. The first-order chi connectivity index (χ1) is 8.54. The zero-order valence-corrected chi connectivity index (χ0v) is 10.2. The van der Waals surface area contributed by atoms with Crippen molar-refractivity contribution in [2.24, 2.45) is 0 Å². The lowest BCUT2D eigenvalue weighted by molar-refractivity contribution is 0.0832. The summed E-state index contributed by atoms with van der Waals surface area (Å²) < 4.78 is 4.95. The van der Waals surface area contributed by atoms with E-state index >= 15 is 0 Å².